The number of nitrogens with one attached hydrogen (secondary N) is 1. The summed E-state index contributed by atoms with van der Waals surface area (Å²) in [7, 11) is 0. The summed E-state index contributed by atoms with van der Waals surface area (Å²) in [5.74, 6) is 0.683. The Bertz CT molecular complexity index is 623. The second kappa shape index (κ2) is 7.46. The number of amides is 2. The topological polar surface area (TPSA) is 87.8 Å². The second-order valence-electron chi connectivity index (χ2n) is 4.49. The third-order valence-corrected chi connectivity index (χ3v) is 4.19. The Hall–Kier alpha value is -1.80. The molecule has 0 spiro atoms. The number of anilines is 1. The van der Waals surface area contributed by atoms with Gasteiger partial charge in [0.1, 0.15) is 5.69 Å². The molecule has 1 aliphatic heterocycles. The van der Waals surface area contributed by atoms with Gasteiger partial charge in [-0.3, -0.25) is 10.1 Å². The van der Waals surface area contributed by atoms with E-state index in [1.54, 1.807) is 11.0 Å². The minimum Gasteiger partial charge on any atom is -0.336 e. The van der Waals surface area contributed by atoms with Crippen LogP contribution in [0.5, 0.6) is 0 Å². The van der Waals surface area contributed by atoms with Crippen molar-refractivity contribution in [2.24, 2.45) is 4.99 Å². The zero-order valence-electron chi connectivity index (χ0n) is 11.9. The number of amidine groups is 1. The van der Waals surface area contributed by atoms with Crippen molar-refractivity contribution in [2.75, 3.05) is 23.7 Å². The van der Waals surface area contributed by atoms with E-state index >= 15 is 0 Å². The van der Waals surface area contributed by atoms with Gasteiger partial charge in [-0.1, -0.05) is 36.4 Å². The fourth-order valence-corrected chi connectivity index (χ4v) is 3.19. The van der Waals surface area contributed by atoms with Crippen molar-refractivity contribution < 1.29 is 9.72 Å². The van der Waals surface area contributed by atoms with Gasteiger partial charge in [0.05, 0.1) is 9.95 Å². The summed E-state index contributed by atoms with van der Waals surface area (Å²) < 4.78 is 0. The molecule has 1 fully saturated rings. The molecule has 22 heavy (non-hydrogen) atoms. The van der Waals surface area contributed by atoms with Crippen LogP contribution >= 0.6 is 23.4 Å². The number of rotatable bonds is 4. The highest BCUT2D eigenvalue weighted by Crippen LogP contribution is 2.38. The van der Waals surface area contributed by atoms with Gasteiger partial charge in [0.2, 0.25) is 0 Å². The number of hydrogen-bond acceptors (Lipinski definition) is 4. The lowest BCUT2D eigenvalue weighted by Crippen LogP contribution is -2.28. The number of nitrogens with zero attached hydrogens (tertiary/aromatic N) is 3. The van der Waals surface area contributed by atoms with Crippen LogP contribution in [0, 0.1) is 10.1 Å². The van der Waals surface area contributed by atoms with E-state index in [0.717, 1.165) is 6.42 Å². The van der Waals surface area contributed by atoms with Gasteiger partial charge >= 0.3 is 6.03 Å². The van der Waals surface area contributed by atoms with Crippen molar-refractivity contribution in [3.63, 3.8) is 0 Å². The van der Waals surface area contributed by atoms with Gasteiger partial charge in [-0.2, -0.15) is 4.99 Å². The fourth-order valence-electron chi connectivity index (χ4n) is 1.98. The number of thioether (sulfide) groups is 1. The van der Waals surface area contributed by atoms with Crippen LogP contribution in [0.4, 0.5) is 16.2 Å². The van der Waals surface area contributed by atoms with E-state index in [9.17, 15) is 14.9 Å². The molecule has 9 heteroatoms. The van der Waals surface area contributed by atoms with Gasteiger partial charge < -0.3 is 10.2 Å². The molecule has 7 nitrogen and oxygen atoms in total. The molecular formula is C13H15ClN4O3S. The zero-order valence-corrected chi connectivity index (χ0v) is 13.5. The SMILES string of the molecule is CCCNC(=O)N=C1SCCN1c1c(Cl)cccc1[N+](=O)[O-]. The molecule has 2 rings (SSSR count). The van der Waals surface area contributed by atoms with E-state index in [4.69, 9.17) is 11.6 Å². The van der Waals surface area contributed by atoms with Crippen LogP contribution in [0.1, 0.15) is 13.3 Å². The van der Waals surface area contributed by atoms with E-state index in [1.165, 1.54) is 23.9 Å². The number of carbonyl (C=O) groups excluding carboxylic acids is 1. The normalized spacial score (nSPS) is 16.1. The van der Waals surface area contributed by atoms with Gasteiger partial charge in [-0.25, -0.2) is 4.79 Å². The highest BCUT2D eigenvalue weighted by molar-refractivity contribution is 8.14. The lowest BCUT2D eigenvalue weighted by atomic mass is 10.2. The molecule has 0 saturated carbocycles. The Balaban J connectivity index is 2.34. The molecule has 1 aromatic carbocycles. The van der Waals surface area contributed by atoms with Gasteiger partial charge in [0.15, 0.2) is 5.17 Å². The van der Waals surface area contributed by atoms with Gasteiger partial charge in [0.25, 0.3) is 5.69 Å². The minimum absolute atomic E-state index is 0.100. The zero-order chi connectivity index (χ0) is 16.1. The third kappa shape index (κ3) is 3.69. The maximum atomic E-state index is 11.7. The molecule has 0 radical (unpaired) electrons. The van der Waals surface area contributed by atoms with E-state index in [0.29, 0.717) is 24.0 Å². The molecule has 1 aliphatic rings. The van der Waals surface area contributed by atoms with E-state index < -0.39 is 11.0 Å². The summed E-state index contributed by atoms with van der Waals surface area (Å²) in [5.41, 5.74) is 0.179. The first-order valence-corrected chi connectivity index (χ1v) is 8.10. The Morgan fingerprint density at radius 3 is 3.05 bits per heavy atom. The minimum atomic E-state index is -0.487. The number of carbonyl (C=O) groups is 1. The standard InChI is InChI=1S/C13H15ClN4O3S/c1-2-6-15-12(19)16-13-17(7-8-22-13)11-9(14)4-3-5-10(11)18(20)21/h3-5H,2,6-8H2,1H3,(H,15,19). The Kier molecular flexibility index (Phi) is 5.62. The van der Waals surface area contributed by atoms with Crippen molar-refractivity contribution in [1.82, 2.24) is 5.32 Å². The lowest BCUT2D eigenvalue weighted by molar-refractivity contribution is -0.384. The van der Waals surface area contributed by atoms with Crippen LogP contribution in [0.3, 0.4) is 0 Å². The van der Waals surface area contributed by atoms with Crippen LogP contribution in [-0.2, 0) is 0 Å². The van der Waals surface area contributed by atoms with Crippen molar-refractivity contribution in [3.05, 3.63) is 33.3 Å². The van der Waals surface area contributed by atoms with Crippen LogP contribution in [0.25, 0.3) is 0 Å². The van der Waals surface area contributed by atoms with E-state index in [1.807, 2.05) is 6.92 Å². The summed E-state index contributed by atoms with van der Waals surface area (Å²) in [5, 5.41) is 14.5. The number of nitro benzene ring substituents is 1. The smallest absolute Gasteiger partial charge is 0.336 e. The largest absolute Gasteiger partial charge is 0.343 e. The summed E-state index contributed by atoms with van der Waals surface area (Å²) in [4.78, 5) is 28.0. The molecule has 0 atom stereocenters. The van der Waals surface area contributed by atoms with Crippen molar-refractivity contribution in [1.29, 1.82) is 0 Å². The number of nitro groups is 1. The van der Waals surface area contributed by atoms with Crippen LogP contribution in [-0.4, -0.2) is 35.0 Å². The molecule has 0 aromatic heterocycles. The summed E-state index contributed by atoms with van der Waals surface area (Å²) in [6, 6.07) is 4.05. The number of para-hydroxylation sites is 1. The number of hydrogen-bond donors (Lipinski definition) is 1. The van der Waals surface area contributed by atoms with Crippen LogP contribution in [0.2, 0.25) is 5.02 Å². The molecule has 0 unspecified atom stereocenters. The molecule has 1 saturated heterocycles. The second-order valence-corrected chi connectivity index (χ2v) is 5.96. The quantitative estimate of drug-likeness (QED) is 0.670. The fraction of sp³-hybridized carbons (Fsp3) is 0.385. The van der Waals surface area contributed by atoms with Crippen molar-refractivity contribution in [2.45, 2.75) is 13.3 Å². The van der Waals surface area contributed by atoms with E-state index in [2.05, 4.69) is 10.3 Å². The number of halogens is 1. The Morgan fingerprint density at radius 1 is 1.59 bits per heavy atom. The Labute approximate surface area is 136 Å². The molecule has 1 heterocycles. The number of aliphatic imine (C=N–C) groups is 1. The van der Waals surface area contributed by atoms with E-state index in [-0.39, 0.29) is 16.4 Å². The average Bonchev–Trinajstić information content (AvgIpc) is 2.92. The van der Waals surface area contributed by atoms with Crippen molar-refractivity contribution >= 4 is 45.9 Å². The van der Waals surface area contributed by atoms with Crippen LogP contribution < -0.4 is 10.2 Å². The van der Waals surface area contributed by atoms with Gasteiger partial charge in [-0.15, -0.1) is 0 Å². The highest BCUT2D eigenvalue weighted by Gasteiger charge is 2.30. The summed E-state index contributed by atoms with van der Waals surface area (Å²) >= 11 is 7.50. The van der Waals surface area contributed by atoms with Gasteiger partial charge in [0, 0.05) is 24.9 Å². The Morgan fingerprint density at radius 2 is 2.36 bits per heavy atom. The number of urea groups is 1. The molecular weight excluding hydrogens is 328 g/mol. The molecule has 1 N–H and O–H groups in total. The predicted molar refractivity (Wildman–Crippen MR) is 89.0 cm³/mol. The predicted octanol–water partition coefficient (Wildman–Crippen LogP) is 3.28. The number of benzene rings is 1. The maximum absolute atomic E-state index is 11.7. The third-order valence-electron chi connectivity index (χ3n) is 2.93. The van der Waals surface area contributed by atoms with Crippen molar-refractivity contribution in [3.8, 4) is 0 Å². The van der Waals surface area contributed by atoms with Crippen LogP contribution in [0.15, 0.2) is 23.2 Å². The van der Waals surface area contributed by atoms with Gasteiger partial charge in [-0.05, 0) is 12.5 Å². The molecule has 0 bridgehead atoms. The lowest BCUT2D eigenvalue weighted by Gasteiger charge is -2.18. The molecule has 118 valence electrons. The molecule has 1 aromatic rings. The first kappa shape index (κ1) is 16.6. The highest BCUT2D eigenvalue weighted by atomic mass is 35.5. The molecule has 2 amide bonds. The average molecular weight is 343 g/mol. The monoisotopic (exact) mass is 342 g/mol. The summed E-state index contributed by atoms with van der Waals surface area (Å²) in [6.45, 7) is 2.98. The summed E-state index contributed by atoms with van der Waals surface area (Å²) in [6.07, 6.45) is 0.809. The first-order valence-electron chi connectivity index (χ1n) is 6.74. The first-order chi connectivity index (χ1) is 10.5. The maximum Gasteiger partial charge on any atom is 0.343 e. The molecule has 0 aliphatic carbocycles.